The fourth-order valence-electron chi connectivity index (χ4n) is 2.27. The smallest absolute Gasteiger partial charge is 0.312 e. The second-order valence-electron chi connectivity index (χ2n) is 4.63. The van der Waals surface area contributed by atoms with Crippen LogP contribution in [-0.2, 0) is 4.79 Å². The van der Waals surface area contributed by atoms with Gasteiger partial charge in [0.25, 0.3) is 0 Å². The van der Waals surface area contributed by atoms with Crippen molar-refractivity contribution in [1.29, 1.82) is 0 Å². The third-order valence-electron chi connectivity index (χ3n) is 3.14. The lowest BCUT2D eigenvalue weighted by atomic mass is 9.61. The predicted octanol–water partition coefficient (Wildman–Crippen LogP) is -1.07. The van der Waals surface area contributed by atoms with Gasteiger partial charge in [-0.1, -0.05) is 12.1 Å². The topological polar surface area (TPSA) is 143 Å². The number of hydrogen-bond acceptors (Lipinski definition) is 4. The van der Waals surface area contributed by atoms with Crippen LogP contribution in [0.5, 0.6) is 0 Å². The van der Waals surface area contributed by atoms with Crippen molar-refractivity contribution < 1.29 is 14.8 Å². The molecule has 0 unspecified atom stereocenters. The highest BCUT2D eigenvalue weighted by atomic mass is 16.4. The van der Waals surface area contributed by atoms with Gasteiger partial charge in [-0.15, -0.1) is 0 Å². The maximum absolute atomic E-state index is 12.0. The largest absolute Gasteiger partial charge is 0.409 e. The van der Waals surface area contributed by atoms with E-state index in [0.29, 0.717) is 18.8 Å². The van der Waals surface area contributed by atoms with E-state index in [9.17, 15) is 9.59 Å². The zero-order chi connectivity index (χ0) is 13.8. The molecule has 0 aromatic carbocycles. The molecule has 8 nitrogen and oxygen atoms in total. The van der Waals surface area contributed by atoms with E-state index >= 15 is 0 Å². The third kappa shape index (κ3) is 2.82. The van der Waals surface area contributed by atoms with E-state index in [1.165, 1.54) is 0 Å². The number of urea groups is 1. The minimum atomic E-state index is -0.916. The molecular weight excluding hydrogens is 238 g/mol. The van der Waals surface area contributed by atoms with E-state index in [0.717, 1.165) is 0 Å². The van der Waals surface area contributed by atoms with Crippen LogP contribution in [0.2, 0.25) is 0 Å². The molecule has 0 atom stereocenters. The van der Waals surface area contributed by atoms with Gasteiger partial charge in [-0.3, -0.25) is 4.79 Å². The van der Waals surface area contributed by atoms with E-state index < -0.39 is 11.4 Å². The van der Waals surface area contributed by atoms with Gasteiger partial charge in [0.05, 0.1) is 0 Å². The quantitative estimate of drug-likeness (QED) is 0.140. The molecule has 1 fully saturated rings. The van der Waals surface area contributed by atoms with Gasteiger partial charge in [-0.05, 0) is 18.8 Å². The molecule has 1 aliphatic carbocycles. The zero-order valence-electron chi connectivity index (χ0n) is 10.3. The number of amidine groups is 1. The lowest BCUT2D eigenvalue weighted by Gasteiger charge is -2.43. The third-order valence-corrected chi connectivity index (χ3v) is 3.14. The summed E-state index contributed by atoms with van der Waals surface area (Å²) in [7, 11) is 0. The Kier molecular flexibility index (Phi) is 4.35. The number of oxime groups is 1. The fourth-order valence-corrected chi connectivity index (χ4v) is 2.27. The molecule has 0 heterocycles. The highest BCUT2D eigenvalue weighted by Gasteiger charge is 2.51. The number of nitrogens with zero attached hydrogens (tertiary/aromatic N) is 1. The van der Waals surface area contributed by atoms with Crippen molar-refractivity contribution in [1.82, 2.24) is 10.6 Å². The number of amides is 3. The molecule has 0 aromatic heterocycles. The summed E-state index contributed by atoms with van der Waals surface area (Å²) in [6.07, 6.45) is 1.11. The summed E-state index contributed by atoms with van der Waals surface area (Å²) in [6, 6.07) is -0.646. The van der Waals surface area contributed by atoms with Crippen LogP contribution < -0.4 is 22.1 Å². The first-order valence-corrected chi connectivity index (χ1v) is 5.72. The molecule has 1 saturated carbocycles. The second kappa shape index (κ2) is 5.56. The van der Waals surface area contributed by atoms with Gasteiger partial charge in [-0.2, -0.15) is 0 Å². The molecule has 0 spiro atoms. The Morgan fingerprint density at radius 3 is 2.33 bits per heavy atom. The molecule has 0 bridgehead atoms. The highest BCUT2D eigenvalue weighted by Crippen LogP contribution is 2.45. The second-order valence-corrected chi connectivity index (χ2v) is 4.63. The minimum absolute atomic E-state index is 0.0686. The SMILES string of the molecule is CC1CC(C(=O)NCCNC(N)=O)(C(N)=NO)C1. The van der Waals surface area contributed by atoms with Crippen LogP contribution >= 0.6 is 0 Å². The van der Waals surface area contributed by atoms with Crippen molar-refractivity contribution in [3.63, 3.8) is 0 Å². The van der Waals surface area contributed by atoms with E-state index in [2.05, 4.69) is 15.8 Å². The first-order valence-electron chi connectivity index (χ1n) is 5.72. The molecule has 1 aliphatic rings. The number of carbonyl (C=O) groups is 2. The Morgan fingerprint density at radius 1 is 1.33 bits per heavy atom. The molecule has 0 radical (unpaired) electrons. The molecule has 0 aromatic rings. The van der Waals surface area contributed by atoms with Gasteiger partial charge in [-0.25, -0.2) is 4.79 Å². The average molecular weight is 257 g/mol. The number of nitrogens with one attached hydrogen (secondary N) is 2. The molecular formula is C10H19N5O3. The fraction of sp³-hybridized carbons (Fsp3) is 0.700. The molecule has 7 N–H and O–H groups in total. The first kappa shape index (κ1) is 14.1. The van der Waals surface area contributed by atoms with Gasteiger partial charge in [0.1, 0.15) is 5.41 Å². The maximum Gasteiger partial charge on any atom is 0.312 e. The standard InChI is InChI=1S/C10H19N5O3/c1-6-4-10(5-6,7(11)15-18)8(16)13-2-3-14-9(12)17/h6,18H,2-5H2,1H3,(H2,11,15)(H,13,16)(H3,12,14,17). The van der Waals surface area contributed by atoms with Crippen molar-refractivity contribution >= 4 is 17.8 Å². The van der Waals surface area contributed by atoms with Crippen LogP contribution in [0.3, 0.4) is 0 Å². The lowest BCUT2D eigenvalue weighted by molar-refractivity contribution is -0.133. The molecule has 18 heavy (non-hydrogen) atoms. The van der Waals surface area contributed by atoms with Gasteiger partial charge in [0, 0.05) is 13.1 Å². The zero-order valence-corrected chi connectivity index (χ0v) is 10.3. The molecule has 0 saturated heterocycles. The van der Waals surface area contributed by atoms with Crippen LogP contribution in [0.15, 0.2) is 5.16 Å². The van der Waals surface area contributed by atoms with Crippen LogP contribution in [0.1, 0.15) is 19.8 Å². The van der Waals surface area contributed by atoms with Crippen molar-refractivity contribution in [2.45, 2.75) is 19.8 Å². The summed E-state index contributed by atoms with van der Waals surface area (Å²) in [5.41, 5.74) is 9.55. The van der Waals surface area contributed by atoms with Crippen LogP contribution in [0.4, 0.5) is 4.79 Å². The Balaban J connectivity index is 2.50. The number of primary amides is 1. The first-order chi connectivity index (χ1) is 8.42. The Morgan fingerprint density at radius 2 is 1.89 bits per heavy atom. The summed E-state index contributed by atoms with van der Waals surface area (Å²) in [4.78, 5) is 22.4. The summed E-state index contributed by atoms with van der Waals surface area (Å²) in [6.45, 7) is 2.48. The van der Waals surface area contributed by atoms with Gasteiger partial charge in [0.15, 0.2) is 5.84 Å². The molecule has 8 heteroatoms. The van der Waals surface area contributed by atoms with Crippen LogP contribution in [0.25, 0.3) is 0 Å². The summed E-state index contributed by atoms with van der Waals surface area (Å²) < 4.78 is 0. The minimum Gasteiger partial charge on any atom is -0.409 e. The van der Waals surface area contributed by atoms with E-state index in [4.69, 9.17) is 16.7 Å². The normalized spacial score (nSPS) is 27.2. The molecule has 0 aliphatic heterocycles. The van der Waals surface area contributed by atoms with E-state index in [1.54, 1.807) is 0 Å². The summed E-state index contributed by atoms with van der Waals surface area (Å²) in [5.74, 6) is 0.00271. The van der Waals surface area contributed by atoms with Crippen molar-refractivity contribution in [3.05, 3.63) is 0 Å². The van der Waals surface area contributed by atoms with Gasteiger partial charge < -0.3 is 27.3 Å². The predicted molar refractivity (Wildman–Crippen MR) is 64.8 cm³/mol. The average Bonchev–Trinajstić information content (AvgIpc) is 2.28. The molecule has 1 rings (SSSR count). The van der Waals surface area contributed by atoms with Crippen LogP contribution in [0, 0.1) is 11.3 Å². The number of hydrogen-bond donors (Lipinski definition) is 5. The van der Waals surface area contributed by atoms with Gasteiger partial charge >= 0.3 is 6.03 Å². The lowest BCUT2D eigenvalue weighted by Crippen LogP contribution is -2.57. The number of rotatable bonds is 5. The van der Waals surface area contributed by atoms with Crippen molar-refractivity contribution in [2.75, 3.05) is 13.1 Å². The van der Waals surface area contributed by atoms with Crippen LogP contribution in [-0.4, -0.2) is 36.1 Å². The molecule has 102 valence electrons. The van der Waals surface area contributed by atoms with Crippen molar-refractivity contribution in [3.8, 4) is 0 Å². The Bertz CT molecular complexity index is 363. The monoisotopic (exact) mass is 257 g/mol. The maximum atomic E-state index is 12.0. The van der Waals surface area contributed by atoms with Crippen molar-refractivity contribution in [2.24, 2.45) is 28.0 Å². The molecule has 3 amide bonds. The number of carbonyl (C=O) groups excluding carboxylic acids is 2. The Hall–Kier alpha value is -1.99. The van der Waals surface area contributed by atoms with Gasteiger partial charge in [0.2, 0.25) is 5.91 Å². The van der Waals surface area contributed by atoms with E-state index in [-0.39, 0.29) is 24.8 Å². The summed E-state index contributed by atoms with van der Waals surface area (Å²) in [5, 5.41) is 16.7. The number of nitrogens with two attached hydrogens (primary N) is 2. The highest BCUT2D eigenvalue weighted by molar-refractivity contribution is 6.07. The van der Waals surface area contributed by atoms with E-state index in [1.807, 2.05) is 6.92 Å². The summed E-state index contributed by atoms with van der Waals surface area (Å²) >= 11 is 0. The Labute approximate surface area is 105 Å².